The monoisotopic (exact) mass is 313 g/mol. The average Bonchev–Trinajstić information content (AvgIpc) is 3.10. The van der Waals surface area contributed by atoms with Crippen LogP contribution in [0, 0.1) is 18.7 Å². The molecule has 1 aliphatic rings. The number of nitrogens with one attached hydrogen (secondary N) is 2. The summed E-state index contributed by atoms with van der Waals surface area (Å²) in [7, 11) is 0. The molecular weight excluding hydrogens is 297 g/mol. The molecule has 118 valence electrons. The highest BCUT2D eigenvalue weighted by Crippen LogP contribution is 2.32. The molecule has 2 N–H and O–H groups in total. The highest BCUT2D eigenvalue weighted by molar-refractivity contribution is 5.93. The molecule has 0 radical (unpaired) electrons. The number of anilines is 1. The van der Waals surface area contributed by atoms with Crippen molar-refractivity contribution in [2.24, 2.45) is 5.92 Å². The fourth-order valence-corrected chi connectivity index (χ4v) is 3.27. The number of halogens is 1. The van der Waals surface area contributed by atoms with Crippen LogP contribution in [0.1, 0.15) is 23.4 Å². The van der Waals surface area contributed by atoms with E-state index in [1.807, 2.05) is 0 Å². The number of amides is 1. The Kier molecular flexibility index (Phi) is 3.18. The first-order chi connectivity index (χ1) is 11.1. The zero-order chi connectivity index (χ0) is 16.0. The van der Waals surface area contributed by atoms with E-state index in [9.17, 15) is 9.18 Å². The lowest BCUT2D eigenvalue weighted by Gasteiger charge is -2.21. The van der Waals surface area contributed by atoms with Gasteiger partial charge in [-0.05, 0) is 49.9 Å². The predicted molar refractivity (Wildman–Crippen MR) is 83.6 cm³/mol. The molecule has 1 aromatic carbocycles. The lowest BCUT2D eigenvalue weighted by Crippen LogP contribution is -2.28. The number of hydrogen-bond acceptors (Lipinski definition) is 3. The largest absolute Gasteiger partial charge is 0.360 e. The Morgan fingerprint density at radius 3 is 3.09 bits per heavy atom. The fraction of sp³-hybridized carbons (Fsp3) is 0.294. The molecule has 5 nitrogen and oxygen atoms in total. The molecule has 0 saturated heterocycles. The first kappa shape index (κ1) is 14.0. The second-order valence-corrected chi connectivity index (χ2v) is 6.02. The van der Waals surface area contributed by atoms with Gasteiger partial charge in [0.05, 0.1) is 0 Å². The second kappa shape index (κ2) is 5.22. The van der Waals surface area contributed by atoms with E-state index >= 15 is 0 Å². The van der Waals surface area contributed by atoms with Crippen molar-refractivity contribution in [3.63, 3.8) is 0 Å². The lowest BCUT2D eigenvalue weighted by atomic mass is 9.86. The highest BCUT2D eigenvalue weighted by Gasteiger charge is 2.28. The number of aromatic amines is 1. The number of fused-ring (bicyclic) bond motifs is 3. The van der Waals surface area contributed by atoms with Crippen LogP contribution in [0.2, 0.25) is 0 Å². The molecule has 23 heavy (non-hydrogen) atoms. The molecule has 0 aliphatic heterocycles. The van der Waals surface area contributed by atoms with Gasteiger partial charge >= 0.3 is 0 Å². The maximum absolute atomic E-state index is 13.5. The molecule has 1 aliphatic carbocycles. The molecule has 6 heteroatoms. The standard InChI is InChI=1S/C17H16FN3O2/c1-9-6-16(21-23-9)20-17(22)10-2-4-14-12(7-10)13-8-11(18)3-5-15(13)19-14/h3,5-6,8,10,19H,2,4,7H2,1H3,(H,20,21,22). The van der Waals surface area contributed by atoms with E-state index in [4.69, 9.17) is 4.52 Å². The van der Waals surface area contributed by atoms with Crippen LogP contribution in [0.3, 0.4) is 0 Å². The van der Waals surface area contributed by atoms with Crippen molar-refractivity contribution >= 4 is 22.6 Å². The van der Waals surface area contributed by atoms with Crippen LogP contribution in [-0.4, -0.2) is 16.0 Å². The van der Waals surface area contributed by atoms with Crippen molar-refractivity contribution in [3.05, 3.63) is 47.1 Å². The average molecular weight is 313 g/mol. The SMILES string of the molecule is Cc1cc(NC(=O)C2CCc3[nH]c4ccc(F)cc4c3C2)no1. The Bertz CT molecular complexity index is 897. The maximum Gasteiger partial charge on any atom is 0.229 e. The molecular formula is C17H16FN3O2. The molecule has 0 saturated carbocycles. The Hall–Kier alpha value is -2.63. The minimum Gasteiger partial charge on any atom is -0.360 e. The fourth-order valence-electron chi connectivity index (χ4n) is 3.27. The normalized spacial score (nSPS) is 17.2. The summed E-state index contributed by atoms with van der Waals surface area (Å²) in [4.78, 5) is 15.8. The summed E-state index contributed by atoms with van der Waals surface area (Å²) < 4.78 is 18.5. The molecule has 1 atom stereocenters. The summed E-state index contributed by atoms with van der Waals surface area (Å²) in [6, 6.07) is 6.41. The van der Waals surface area contributed by atoms with Crippen LogP contribution < -0.4 is 5.32 Å². The number of benzene rings is 1. The van der Waals surface area contributed by atoms with Gasteiger partial charge in [-0.25, -0.2) is 4.39 Å². The number of H-pyrrole nitrogens is 1. The Labute approximate surface area is 131 Å². The van der Waals surface area contributed by atoms with Crippen molar-refractivity contribution in [2.75, 3.05) is 5.32 Å². The van der Waals surface area contributed by atoms with Crippen LogP contribution in [-0.2, 0) is 17.6 Å². The van der Waals surface area contributed by atoms with Crippen molar-refractivity contribution in [1.29, 1.82) is 0 Å². The van der Waals surface area contributed by atoms with Crippen molar-refractivity contribution < 1.29 is 13.7 Å². The first-order valence-corrected chi connectivity index (χ1v) is 7.63. The number of carbonyl (C=O) groups is 1. The van der Waals surface area contributed by atoms with E-state index in [0.717, 1.165) is 35.0 Å². The molecule has 4 rings (SSSR count). The van der Waals surface area contributed by atoms with Crippen LogP contribution in [0.15, 0.2) is 28.8 Å². The molecule has 2 heterocycles. The zero-order valence-electron chi connectivity index (χ0n) is 12.6. The number of rotatable bonds is 2. The third-order valence-electron chi connectivity index (χ3n) is 4.40. The molecule has 3 aromatic rings. The highest BCUT2D eigenvalue weighted by atomic mass is 19.1. The number of carbonyl (C=O) groups excluding carboxylic acids is 1. The number of aryl methyl sites for hydroxylation is 2. The topological polar surface area (TPSA) is 70.9 Å². The smallest absolute Gasteiger partial charge is 0.229 e. The van der Waals surface area contributed by atoms with Crippen LogP contribution in [0.5, 0.6) is 0 Å². The third-order valence-corrected chi connectivity index (χ3v) is 4.40. The Balaban J connectivity index is 1.59. The van der Waals surface area contributed by atoms with Gasteiger partial charge in [0.1, 0.15) is 11.6 Å². The maximum atomic E-state index is 13.5. The van der Waals surface area contributed by atoms with Gasteiger partial charge in [-0.1, -0.05) is 5.16 Å². The van der Waals surface area contributed by atoms with Crippen molar-refractivity contribution in [1.82, 2.24) is 10.1 Å². The number of nitrogens with zero attached hydrogens (tertiary/aromatic N) is 1. The van der Waals surface area contributed by atoms with Gasteiger partial charge in [0.2, 0.25) is 5.91 Å². The number of hydrogen-bond donors (Lipinski definition) is 2. The molecule has 0 fully saturated rings. The van der Waals surface area contributed by atoms with Crippen molar-refractivity contribution in [3.8, 4) is 0 Å². The number of aromatic nitrogens is 2. The Morgan fingerprint density at radius 2 is 2.30 bits per heavy atom. The van der Waals surface area contributed by atoms with Gasteiger partial charge in [-0.3, -0.25) is 4.79 Å². The molecule has 0 bridgehead atoms. The lowest BCUT2D eigenvalue weighted by molar-refractivity contribution is -0.120. The molecule has 1 unspecified atom stereocenters. The minimum absolute atomic E-state index is 0.0743. The summed E-state index contributed by atoms with van der Waals surface area (Å²) in [5.74, 6) is 0.599. The first-order valence-electron chi connectivity index (χ1n) is 7.63. The summed E-state index contributed by atoms with van der Waals surface area (Å²) in [6.45, 7) is 1.77. The summed E-state index contributed by atoms with van der Waals surface area (Å²) in [5, 5.41) is 7.44. The second-order valence-electron chi connectivity index (χ2n) is 6.02. The van der Waals surface area contributed by atoms with Gasteiger partial charge < -0.3 is 14.8 Å². The minimum atomic E-state index is -0.260. The van der Waals surface area contributed by atoms with Gasteiger partial charge in [0, 0.05) is 28.6 Å². The molecule has 0 spiro atoms. The van der Waals surface area contributed by atoms with E-state index in [1.54, 1.807) is 19.1 Å². The van der Waals surface area contributed by atoms with Crippen LogP contribution >= 0.6 is 0 Å². The van der Waals surface area contributed by atoms with Crippen LogP contribution in [0.25, 0.3) is 10.9 Å². The third kappa shape index (κ3) is 2.50. The predicted octanol–water partition coefficient (Wildman–Crippen LogP) is 3.35. The van der Waals surface area contributed by atoms with Gasteiger partial charge in [0.25, 0.3) is 0 Å². The summed E-state index contributed by atoms with van der Waals surface area (Å²) >= 11 is 0. The van der Waals surface area contributed by atoms with Crippen molar-refractivity contribution in [2.45, 2.75) is 26.2 Å². The summed E-state index contributed by atoms with van der Waals surface area (Å²) in [5.41, 5.74) is 3.07. The molecule has 1 amide bonds. The van der Waals surface area contributed by atoms with E-state index in [0.29, 0.717) is 18.0 Å². The van der Waals surface area contributed by atoms with Gasteiger partial charge in [0.15, 0.2) is 5.82 Å². The zero-order valence-corrected chi connectivity index (χ0v) is 12.6. The van der Waals surface area contributed by atoms with Gasteiger partial charge in [-0.2, -0.15) is 0 Å². The van der Waals surface area contributed by atoms with Crippen LogP contribution in [0.4, 0.5) is 10.2 Å². The molecule has 2 aromatic heterocycles. The van der Waals surface area contributed by atoms with E-state index in [2.05, 4.69) is 15.5 Å². The summed E-state index contributed by atoms with van der Waals surface area (Å²) in [6.07, 6.45) is 2.13. The van der Waals surface area contributed by atoms with E-state index in [-0.39, 0.29) is 17.6 Å². The van der Waals surface area contributed by atoms with Gasteiger partial charge in [-0.15, -0.1) is 0 Å². The quantitative estimate of drug-likeness (QED) is 0.762. The van der Waals surface area contributed by atoms with E-state index in [1.165, 1.54) is 12.1 Å². The van der Waals surface area contributed by atoms with E-state index < -0.39 is 0 Å². The Morgan fingerprint density at radius 1 is 1.43 bits per heavy atom.